The Morgan fingerprint density at radius 3 is 2.44 bits per heavy atom. The Kier molecular flexibility index (Phi) is 7.40. The summed E-state index contributed by atoms with van der Waals surface area (Å²) < 4.78 is 22.2. The fourth-order valence-corrected chi connectivity index (χ4v) is 3.43. The molecule has 4 aromatic rings. The average molecular weight is 499 g/mol. The highest BCUT2D eigenvalue weighted by Crippen LogP contribution is 2.26. The first kappa shape index (κ1) is 23.7. The van der Waals surface area contributed by atoms with Gasteiger partial charge in [0.2, 0.25) is 11.2 Å². The van der Waals surface area contributed by atoms with Gasteiger partial charge in [-0.3, -0.25) is 4.79 Å². The third kappa shape index (κ3) is 5.53. The molecular weight excluding hydrogens is 479 g/mol. The fourth-order valence-electron chi connectivity index (χ4n) is 3.11. The molecule has 3 aromatic carbocycles. The van der Waals surface area contributed by atoms with Crippen molar-refractivity contribution in [2.24, 2.45) is 0 Å². The van der Waals surface area contributed by atoms with Crippen molar-refractivity contribution in [3.63, 3.8) is 0 Å². The van der Waals surface area contributed by atoms with Gasteiger partial charge in [-0.1, -0.05) is 36.2 Å². The maximum Gasteiger partial charge on any atom is 0.338 e. The summed E-state index contributed by atoms with van der Waals surface area (Å²) in [4.78, 5) is 24.8. The Morgan fingerprint density at radius 2 is 1.71 bits per heavy atom. The number of hydrogen-bond acceptors (Lipinski definition) is 6. The van der Waals surface area contributed by atoms with Gasteiger partial charge in [-0.05, 0) is 60.5 Å². The molecule has 0 unspecified atom stereocenters. The monoisotopic (exact) mass is 498 g/mol. The lowest BCUT2D eigenvalue weighted by atomic mass is 10.2. The second-order valence-corrected chi connectivity index (χ2v) is 8.20. The van der Waals surface area contributed by atoms with Crippen LogP contribution in [0.2, 0.25) is 10.0 Å². The lowest BCUT2D eigenvalue weighted by molar-refractivity contribution is 0.0505. The number of carbonyl (C=O) groups excluding carboxylic acids is 1. The minimum atomic E-state index is -0.407. The van der Waals surface area contributed by atoms with Crippen LogP contribution in [-0.4, -0.2) is 12.6 Å². The Labute approximate surface area is 205 Å². The summed E-state index contributed by atoms with van der Waals surface area (Å²) in [5, 5.41) is 1.27. The molecule has 0 N–H and O–H groups in total. The molecule has 0 saturated heterocycles. The van der Waals surface area contributed by atoms with Crippen molar-refractivity contribution in [1.29, 1.82) is 0 Å². The third-order valence-electron chi connectivity index (χ3n) is 4.86. The first-order valence-corrected chi connectivity index (χ1v) is 11.3. The van der Waals surface area contributed by atoms with E-state index in [0.717, 1.165) is 12.0 Å². The van der Waals surface area contributed by atoms with E-state index >= 15 is 0 Å². The van der Waals surface area contributed by atoms with Crippen LogP contribution >= 0.6 is 23.2 Å². The molecule has 0 aliphatic carbocycles. The predicted molar refractivity (Wildman–Crippen MR) is 130 cm³/mol. The van der Waals surface area contributed by atoms with E-state index in [9.17, 15) is 9.59 Å². The second kappa shape index (κ2) is 10.6. The van der Waals surface area contributed by atoms with E-state index in [2.05, 4.69) is 0 Å². The summed E-state index contributed by atoms with van der Waals surface area (Å²) in [6, 6.07) is 16.5. The van der Waals surface area contributed by atoms with Gasteiger partial charge >= 0.3 is 5.97 Å². The van der Waals surface area contributed by atoms with Gasteiger partial charge in [-0.2, -0.15) is 0 Å². The molecule has 8 heteroatoms. The fraction of sp³-hybridized carbons (Fsp3) is 0.154. The van der Waals surface area contributed by atoms with Crippen molar-refractivity contribution in [1.82, 2.24) is 0 Å². The molecule has 0 amide bonds. The molecule has 174 valence electrons. The number of hydrogen-bond donors (Lipinski definition) is 0. The number of esters is 1. The van der Waals surface area contributed by atoms with E-state index in [1.54, 1.807) is 54.6 Å². The summed E-state index contributed by atoms with van der Waals surface area (Å²) in [7, 11) is 0. The Hall–Kier alpha value is -3.48. The molecule has 0 atom stereocenters. The van der Waals surface area contributed by atoms with Crippen LogP contribution in [0, 0.1) is 0 Å². The molecule has 1 aromatic heterocycles. The van der Waals surface area contributed by atoms with Gasteiger partial charge in [0.15, 0.2) is 0 Å². The Morgan fingerprint density at radius 1 is 0.941 bits per heavy atom. The number of ether oxygens (including phenoxy) is 3. The van der Waals surface area contributed by atoms with Gasteiger partial charge in [0.1, 0.15) is 30.0 Å². The number of carbonyl (C=O) groups is 1. The van der Waals surface area contributed by atoms with Gasteiger partial charge in [-0.25, -0.2) is 4.79 Å². The van der Waals surface area contributed by atoms with Crippen LogP contribution in [0.5, 0.6) is 17.2 Å². The van der Waals surface area contributed by atoms with Crippen LogP contribution in [0.25, 0.3) is 11.0 Å². The molecule has 0 radical (unpaired) electrons. The third-order valence-corrected chi connectivity index (χ3v) is 5.60. The van der Waals surface area contributed by atoms with Gasteiger partial charge in [0.25, 0.3) is 0 Å². The van der Waals surface area contributed by atoms with Crippen molar-refractivity contribution in [2.75, 3.05) is 6.61 Å². The minimum Gasteiger partial charge on any atom is -0.489 e. The van der Waals surface area contributed by atoms with Crippen molar-refractivity contribution < 1.29 is 23.4 Å². The number of halogens is 2. The zero-order valence-electron chi connectivity index (χ0n) is 18.2. The molecule has 0 fully saturated rings. The molecule has 6 nitrogen and oxygen atoms in total. The van der Waals surface area contributed by atoms with Crippen LogP contribution in [0.1, 0.15) is 29.3 Å². The zero-order valence-corrected chi connectivity index (χ0v) is 19.7. The highest BCUT2D eigenvalue weighted by molar-refractivity contribution is 6.42. The van der Waals surface area contributed by atoms with E-state index in [1.165, 1.54) is 6.26 Å². The topological polar surface area (TPSA) is 75.0 Å². The lowest BCUT2D eigenvalue weighted by Gasteiger charge is -2.09. The van der Waals surface area contributed by atoms with Crippen molar-refractivity contribution >= 4 is 40.1 Å². The molecule has 4 rings (SSSR count). The van der Waals surface area contributed by atoms with Crippen LogP contribution < -0.4 is 14.9 Å². The molecule has 0 bridgehead atoms. The summed E-state index contributed by atoms with van der Waals surface area (Å²) in [6.07, 6.45) is 1.99. The predicted octanol–water partition coefficient (Wildman–Crippen LogP) is 7.04. The standard InChI is InChI=1S/C26H20Cl2O6/c1-2-11-31-26(30)17-4-6-18(7-5-17)34-24-15-33-23-13-19(8-9-20(23)25(24)29)32-14-16-3-10-21(27)22(28)12-16/h3-10,12-13,15H,2,11,14H2,1H3. The largest absolute Gasteiger partial charge is 0.489 e. The molecule has 34 heavy (non-hydrogen) atoms. The summed E-state index contributed by atoms with van der Waals surface area (Å²) in [5.41, 5.74) is 1.28. The Bertz CT molecular complexity index is 1380. The normalized spacial score (nSPS) is 10.8. The zero-order chi connectivity index (χ0) is 24.1. The summed E-state index contributed by atoms with van der Waals surface area (Å²) >= 11 is 12.0. The highest BCUT2D eigenvalue weighted by atomic mass is 35.5. The van der Waals surface area contributed by atoms with Gasteiger partial charge in [0.05, 0.1) is 27.6 Å². The van der Waals surface area contributed by atoms with Gasteiger partial charge in [0, 0.05) is 6.07 Å². The number of benzene rings is 3. The first-order valence-electron chi connectivity index (χ1n) is 10.5. The quantitative estimate of drug-likeness (QED) is 0.242. The van der Waals surface area contributed by atoms with Crippen molar-refractivity contribution in [3.8, 4) is 17.2 Å². The molecule has 0 aliphatic heterocycles. The maximum absolute atomic E-state index is 12.9. The van der Waals surface area contributed by atoms with E-state index < -0.39 is 5.97 Å². The Balaban J connectivity index is 1.46. The van der Waals surface area contributed by atoms with Gasteiger partial charge < -0.3 is 18.6 Å². The van der Waals surface area contributed by atoms with Crippen LogP contribution in [0.15, 0.2) is 76.1 Å². The molecule has 0 saturated carbocycles. The number of fused-ring (bicyclic) bond motifs is 1. The van der Waals surface area contributed by atoms with E-state index in [1.807, 2.05) is 13.0 Å². The number of rotatable bonds is 8. The first-order chi connectivity index (χ1) is 16.4. The van der Waals surface area contributed by atoms with Crippen LogP contribution in [0.3, 0.4) is 0 Å². The van der Waals surface area contributed by atoms with E-state index in [0.29, 0.717) is 44.7 Å². The smallest absolute Gasteiger partial charge is 0.338 e. The molecule has 0 aliphatic rings. The SMILES string of the molecule is CCCOC(=O)c1ccc(Oc2coc3cc(OCc4ccc(Cl)c(Cl)c4)ccc3c2=O)cc1. The molecular formula is C26H20Cl2O6. The summed E-state index contributed by atoms with van der Waals surface area (Å²) in [6.45, 7) is 2.55. The average Bonchev–Trinajstić information content (AvgIpc) is 2.85. The maximum atomic E-state index is 12.9. The molecule has 1 heterocycles. The van der Waals surface area contributed by atoms with Crippen molar-refractivity contribution in [3.05, 3.63) is 98.3 Å². The second-order valence-electron chi connectivity index (χ2n) is 7.39. The van der Waals surface area contributed by atoms with E-state index in [4.69, 9.17) is 41.8 Å². The lowest BCUT2D eigenvalue weighted by Crippen LogP contribution is -2.06. The minimum absolute atomic E-state index is 0.0262. The highest BCUT2D eigenvalue weighted by Gasteiger charge is 2.12. The van der Waals surface area contributed by atoms with Crippen LogP contribution in [-0.2, 0) is 11.3 Å². The van der Waals surface area contributed by atoms with E-state index in [-0.39, 0.29) is 17.8 Å². The molecule has 0 spiro atoms. The van der Waals surface area contributed by atoms with Gasteiger partial charge in [-0.15, -0.1) is 0 Å². The summed E-state index contributed by atoms with van der Waals surface area (Å²) in [5.74, 6) is 0.537. The van der Waals surface area contributed by atoms with Crippen LogP contribution in [0.4, 0.5) is 0 Å². The van der Waals surface area contributed by atoms with Crippen molar-refractivity contribution in [2.45, 2.75) is 20.0 Å².